The Kier molecular flexibility index (Phi) is 5.08. The SMILES string of the molecule is COc1ccc(S(=O)(=O)NC2CCc3ccccc32)cc1N1CCNCC1. The maximum Gasteiger partial charge on any atom is 0.241 e. The summed E-state index contributed by atoms with van der Waals surface area (Å²) in [6.45, 7) is 3.39. The summed E-state index contributed by atoms with van der Waals surface area (Å²) in [6.07, 6.45) is 1.69. The molecule has 1 heterocycles. The number of nitrogens with zero attached hydrogens (tertiary/aromatic N) is 1. The van der Waals surface area contributed by atoms with E-state index in [4.69, 9.17) is 4.74 Å². The number of benzene rings is 2. The first kappa shape index (κ1) is 18.3. The van der Waals surface area contributed by atoms with Gasteiger partial charge in [0.2, 0.25) is 10.0 Å². The largest absolute Gasteiger partial charge is 0.495 e. The van der Waals surface area contributed by atoms with Crippen molar-refractivity contribution in [2.45, 2.75) is 23.8 Å². The van der Waals surface area contributed by atoms with Crippen LogP contribution >= 0.6 is 0 Å². The number of hydrogen-bond donors (Lipinski definition) is 2. The lowest BCUT2D eigenvalue weighted by Crippen LogP contribution is -2.43. The van der Waals surface area contributed by atoms with Gasteiger partial charge in [-0.3, -0.25) is 0 Å². The quantitative estimate of drug-likeness (QED) is 0.822. The molecule has 0 aromatic heterocycles. The fourth-order valence-electron chi connectivity index (χ4n) is 3.92. The fourth-order valence-corrected chi connectivity index (χ4v) is 5.19. The zero-order chi connectivity index (χ0) is 18.9. The maximum absolute atomic E-state index is 13.0. The summed E-state index contributed by atoms with van der Waals surface area (Å²) in [6, 6.07) is 13.0. The highest BCUT2D eigenvalue weighted by Gasteiger charge is 2.28. The summed E-state index contributed by atoms with van der Waals surface area (Å²) >= 11 is 0. The minimum absolute atomic E-state index is 0.170. The summed E-state index contributed by atoms with van der Waals surface area (Å²) in [5.41, 5.74) is 3.13. The van der Waals surface area contributed by atoms with Crippen molar-refractivity contribution in [1.82, 2.24) is 10.0 Å². The van der Waals surface area contributed by atoms with E-state index in [-0.39, 0.29) is 10.9 Å². The molecular formula is C20H25N3O3S. The molecule has 0 spiro atoms. The third kappa shape index (κ3) is 3.67. The van der Waals surface area contributed by atoms with E-state index in [1.807, 2.05) is 18.2 Å². The van der Waals surface area contributed by atoms with E-state index >= 15 is 0 Å². The van der Waals surface area contributed by atoms with Crippen LogP contribution in [0.25, 0.3) is 0 Å². The van der Waals surface area contributed by atoms with Gasteiger partial charge in [0, 0.05) is 32.2 Å². The van der Waals surface area contributed by atoms with Crippen LogP contribution in [0.1, 0.15) is 23.6 Å². The van der Waals surface area contributed by atoms with Gasteiger partial charge in [0.1, 0.15) is 5.75 Å². The first-order valence-corrected chi connectivity index (χ1v) is 10.8. The molecule has 1 atom stereocenters. The minimum atomic E-state index is -3.62. The van der Waals surface area contributed by atoms with Gasteiger partial charge in [-0.1, -0.05) is 24.3 Å². The number of nitrogens with one attached hydrogen (secondary N) is 2. The molecular weight excluding hydrogens is 362 g/mol. The molecule has 0 radical (unpaired) electrons. The van der Waals surface area contributed by atoms with Crippen molar-refractivity contribution in [3.05, 3.63) is 53.6 Å². The summed E-state index contributed by atoms with van der Waals surface area (Å²) in [5, 5.41) is 3.31. The Labute approximate surface area is 160 Å². The van der Waals surface area contributed by atoms with Crippen molar-refractivity contribution in [2.24, 2.45) is 0 Å². The third-order valence-electron chi connectivity index (χ3n) is 5.35. The number of rotatable bonds is 5. The van der Waals surface area contributed by atoms with Crippen LogP contribution in [0, 0.1) is 0 Å². The molecule has 4 rings (SSSR count). The molecule has 2 aromatic rings. The zero-order valence-corrected chi connectivity index (χ0v) is 16.3. The van der Waals surface area contributed by atoms with Crippen LogP contribution < -0.4 is 19.7 Å². The second-order valence-electron chi connectivity index (χ2n) is 6.98. The number of aryl methyl sites for hydroxylation is 1. The number of sulfonamides is 1. The molecule has 0 amide bonds. The van der Waals surface area contributed by atoms with Gasteiger partial charge >= 0.3 is 0 Å². The van der Waals surface area contributed by atoms with Crippen LogP contribution in [0.5, 0.6) is 5.75 Å². The number of hydrogen-bond acceptors (Lipinski definition) is 5. The molecule has 7 heteroatoms. The van der Waals surface area contributed by atoms with Crippen LogP contribution in [0.15, 0.2) is 47.4 Å². The Morgan fingerprint density at radius 2 is 1.93 bits per heavy atom. The monoisotopic (exact) mass is 387 g/mol. The molecule has 2 N–H and O–H groups in total. The van der Waals surface area contributed by atoms with E-state index in [2.05, 4.69) is 21.0 Å². The third-order valence-corrected chi connectivity index (χ3v) is 6.82. The van der Waals surface area contributed by atoms with Crippen LogP contribution in [0.3, 0.4) is 0 Å². The summed E-state index contributed by atoms with van der Waals surface area (Å²) < 4.78 is 34.5. The number of methoxy groups -OCH3 is 1. The number of ether oxygens (including phenoxy) is 1. The smallest absolute Gasteiger partial charge is 0.241 e. The normalized spacial score (nSPS) is 19.7. The van der Waals surface area contributed by atoms with Gasteiger partial charge in [0.05, 0.1) is 17.7 Å². The molecule has 0 saturated carbocycles. The van der Waals surface area contributed by atoms with Crippen LogP contribution in [-0.4, -0.2) is 41.7 Å². The van der Waals surface area contributed by atoms with Gasteiger partial charge in [0.25, 0.3) is 0 Å². The van der Waals surface area contributed by atoms with Crippen molar-refractivity contribution in [3.63, 3.8) is 0 Å². The van der Waals surface area contributed by atoms with Crippen LogP contribution in [0.2, 0.25) is 0 Å². The molecule has 144 valence electrons. The highest BCUT2D eigenvalue weighted by Crippen LogP contribution is 2.34. The van der Waals surface area contributed by atoms with Gasteiger partial charge in [-0.05, 0) is 42.2 Å². The van der Waals surface area contributed by atoms with Crippen LogP contribution in [-0.2, 0) is 16.4 Å². The average Bonchev–Trinajstić information content (AvgIpc) is 3.10. The summed E-state index contributed by atoms with van der Waals surface area (Å²) in [4.78, 5) is 2.44. The lowest BCUT2D eigenvalue weighted by molar-refractivity contribution is 0.412. The van der Waals surface area contributed by atoms with E-state index in [1.54, 1.807) is 25.3 Å². The molecule has 1 aliphatic heterocycles. The van der Waals surface area contributed by atoms with E-state index in [1.165, 1.54) is 5.56 Å². The Bertz CT molecular complexity index is 924. The molecule has 1 unspecified atom stereocenters. The van der Waals surface area contributed by atoms with Gasteiger partial charge < -0.3 is 15.0 Å². The molecule has 1 fully saturated rings. The molecule has 6 nitrogen and oxygen atoms in total. The van der Waals surface area contributed by atoms with E-state index in [0.717, 1.165) is 50.3 Å². The number of piperazine rings is 1. The zero-order valence-electron chi connectivity index (χ0n) is 15.4. The van der Waals surface area contributed by atoms with Crippen molar-refractivity contribution in [3.8, 4) is 5.75 Å². The van der Waals surface area contributed by atoms with Crippen molar-refractivity contribution >= 4 is 15.7 Å². The summed E-state index contributed by atoms with van der Waals surface area (Å²) in [5.74, 6) is 0.696. The lowest BCUT2D eigenvalue weighted by atomic mass is 10.1. The van der Waals surface area contributed by atoms with Gasteiger partial charge in [-0.25, -0.2) is 13.1 Å². The highest BCUT2D eigenvalue weighted by atomic mass is 32.2. The topological polar surface area (TPSA) is 70.7 Å². The Hall–Kier alpha value is -2.09. The second-order valence-corrected chi connectivity index (χ2v) is 8.70. The van der Waals surface area contributed by atoms with Crippen molar-refractivity contribution in [1.29, 1.82) is 0 Å². The number of fused-ring (bicyclic) bond motifs is 1. The predicted molar refractivity (Wildman–Crippen MR) is 106 cm³/mol. The maximum atomic E-state index is 13.0. The first-order chi connectivity index (χ1) is 13.1. The van der Waals surface area contributed by atoms with Gasteiger partial charge in [-0.15, -0.1) is 0 Å². The Morgan fingerprint density at radius 1 is 1.15 bits per heavy atom. The highest BCUT2D eigenvalue weighted by molar-refractivity contribution is 7.89. The van der Waals surface area contributed by atoms with E-state index in [9.17, 15) is 8.42 Å². The van der Waals surface area contributed by atoms with Gasteiger partial charge in [-0.2, -0.15) is 0 Å². The van der Waals surface area contributed by atoms with Crippen molar-refractivity contribution in [2.75, 3.05) is 38.2 Å². The second kappa shape index (κ2) is 7.50. The van der Waals surface area contributed by atoms with E-state index < -0.39 is 10.0 Å². The molecule has 0 bridgehead atoms. The first-order valence-electron chi connectivity index (χ1n) is 9.32. The van der Waals surface area contributed by atoms with E-state index in [0.29, 0.717) is 5.75 Å². The fraction of sp³-hybridized carbons (Fsp3) is 0.400. The molecule has 1 saturated heterocycles. The molecule has 27 heavy (non-hydrogen) atoms. The molecule has 1 aliphatic carbocycles. The molecule has 2 aliphatic rings. The standard InChI is InChI=1S/C20H25N3O3S/c1-26-20-9-7-16(14-19(20)23-12-10-21-11-13-23)27(24,25)22-18-8-6-15-4-2-3-5-17(15)18/h2-5,7,9,14,18,21-22H,6,8,10-13H2,1H3. The Balaban J connectivity index is 1.62. The number of anilines is 1. The van der Waals surface area contributed by atoms with Crippen molar-refractivity contribution < 1.29 is 13.2 Å². The average molecular weight is 388 g/mol. The van der Waals surface area contributed by atoms with Crippen LogP contribution in [0.4, 0.5) is 5.69 Å². The lowest BCUT2D eigenvalue weighted by Gasteiger charge is -2.31. The Morgan fingerprint density at radius 3 is 2.70 bits per heavy atom. The predicted octanol–water partition coefficient (Wildman–Crippen LogP) is 2.07. The molecule has 2 aromatic carbocycles. The van der Waals surface area contributed by atoms with Gasteiger partial charge in [0.15, 0.2) is 0 Å². The summed E-state index contributed by atoms with van der Waals surface area (Å²) in [7, 11) is -2.01. The minimum Gasteiger partial charge on any atom is -0.495 e.